The zero-order chi connectivity index (χ0) is 15.3. The molecule has 2 rings (SSSR count). The highest BCUT2D eigenvalue weighted by molar-refractivity contribution is 7.89. The molecule has 1 fully saturated rings. The summed E-state index contributed by atoms with van der Waals surface area (Å²) >= 11 is 0. The Labute approximate surface area is 127 Å². The Kier molecular flexibility index (Phi) is 5.56. The molecule has 0 spiro atoms. The first kappa shape index (κ1) is 16.2. The molecule has 116 valence electrons. The van der Waals surface area contributed by atoms with Crippen LogP contribution in [-0.2, 0) is 16.4 Å². The van der Waals surface area contributed by atoms with Crippen LogP contribution in [0, 0.1) is 0 Å². The summed E-state index contributed by atoms with van der Waals surface area (Å²) < 4.78 is 25.8. The molecule has 1 N–H and O–H groups in total. The predicted octanol–water partition coefficient (Wildman–Crippen LogP) is 2.18. The molecule has 5 heteroatoms. The highest BCUT2D eigenvalue weighted by Crippen LogP contribution is 2.19. The number of nitrogens with one attached hydrogen (secondary N) is 1. The standard InChI is InChI=1S/C16H24N2O2S/c1-3-13-18(2)21(19,20)16-10-6-14(7-11-16)5-4-12-17-15-8-9-15/h3,6-7,10-11,15,17H,1,4-5,8-9,12-13H2,2H3. The highest BCUT2D eigenvalue weighted by atomic mass is 32.2. The lowest BCUT2D eigenvalue weighted by atomic mass is 10.1. The number of nitrogens with zero attached hydrogens (tertiary/aromatic N) is 1. The lowest BCUT2D eigenvalue weighted by Gasteiger charge is -2.15. The maximum atomic E-state index is 12.2. The molecule has 0 aromatic heterocycles. The smallest absolute Gasteiger partial charge is 0.243 e. The molecule has 0 atom stereocenters. The van der Waals surface area contributed by atoms with E-state index in [1.54, 1.807) is 25.3 Å². The monoisotopic (exact) mass is 308 g/mol. The normalized spacial score (nSPS) is 15.3. The van der Waals surface area contributed by atoms with E-state index in [0.717, 1.165) is 25.4 Å². The summed E-state index contributed by atoms with van der Waals surface area (Å²) in [7, 11) is -1.83. The van der Waals surface area contributed by atoms with Crippen molar-refractivity contribution in [3.8, 4) is 0 Å². The van der Waals surface area contributed by atoms with Crippen LogP contribution in [0.4, 0.5) is 0 Å². The van der Waals surface area contributed by atoms with Crippen molar-refractivity contribution in [2.24, 2.45) is 0 Å². The summed E-state index contributed by atoms with van der Waals surface area (Å²) in [5.74, 6) is 0. The Balaban J connectivity index is 1.89. The fourth-order valence-electron chi connectivity index (χ4n) is 2.17. The molecular weight excluding hydrogens is 284 g/mol. The topological polar surface area (TPSA) is 49.4 Å². The van der Waals surface area contributed by atoms with Crippen molar-refractivity contribution in [3.05, 3.63) is 42.5 Å². The summed E-state index contributed by atoms with van der Waals surface area (Å²) in [6, 6.07) is 7.95. The third-order valence-electron chi connectivity index (χ3n) is 3.67. The zero-order valence-electron chi connectivity index (χ0n) is 12.6. The Morgan fingerprint density at radius 3 is 2.57 bits per heavy atom. The maximum absolute atomic E-state index is 12.2. The quantitative estimate of drug-likeness (QED) is 0.562. The van der Waals surface area contributed by atoms with Crippen LogP contribution in [0.3, 0.4) is 0 Å². The van der Waals surface area contributed by atoms with Crippen LogP contribution in [0.1, 0.15) is 24.8 Å². The number of likely N-dealkylation sites (N-methyl/N-ethyl adjacent to an activating group) is 1. The zero-order valence-corrected chi connectivity index (χ0v) is 13.4. The van der Waals surface area contributed by atoms with Gasteiger partial charge in [0.05, 0.1) is 4.90 Å². The Bertz CT molecular complexity index is 562. The van der Waals surface area contributed by atoms with Gasteiger partial charge in [0.1, 0.15) is 0 Å². The molecule has 1 aromatic rings. The second-order valence-corrected chi connectivity index (χ2v) is 7.60. The third kappa shape index (κ3) is 4.66. The van der Waals surface area contributed by atoms with Crippen molar-refractivity contribution in [1.29, 1.82) is 0 Å². The van der Waals surface area contributed by atoms with E-state index in [1.165, 1.54) is 22.7 Å². The largest absolute Gasteiger partial charge is 0.314 e. The first-order chi connectivity index (χ1) is 10.0. The van der Waals surface area contributed by atoms with Gasteiger partial charge in [-0.05, 0) is 49.9 Å². The first-order valence-electron chi connectivity index (χ1n) is 7.43. The lowest BCUT2D eigenvalue weighted by Crippen LogP contribution is -2.26. The highest BCUT2D eigenvalue weighted by Gasteiger charge is 2.20. The minimum atomic E-state index is -3.40. The van der Waals surface area contributed by atoms with Gasteiger partial charge in [-0.25, -0.2) is 8.42 Å². The van der Waals surface area contributed by atoms with Gasteiger partial charge in [0.2, 0.25) is 10.0 Å². The van der Waals surface area contributed by atoms with Crippen LogP contribution < -0.4 is 5.32 Å². The Hall–Kier alpha value is -1.17. The van der Waals surface area contributed by atoms with Crippen LogP contribution in [0.2, 0.25) is 0 Å². The molecule has 0 amide bonds. The Morgan fingerprint density at radius 1 is 1.33 bits per heavy atom. The van der Waals surface area contributed by atoms with Crippen molar-refractivity contribution in [2.45, 2.75) is 36.6 Å². The van der Waals surface area contributed by atoms with Crippen LogP contribution >= 0.6 is 0 Å². The van der Waals surface area contributed by atoms with E-state index in [-0.39, 0.29) is 0 Å². The summed E-state index contributed by atoms with van der Waals surface area (Å²) in [5, 5.41) is 3.48. The number of aryl methyl sites for hydroxylation is 1. The minimum absolute atomic E-state index is 0.316. The molecule has 1 aliphatic rings. The average molecular weight is 308 g/mol. The SMILES string of the molecule is C=CCN(C)S(=O)(=O)c1ccc(CCCNC2CC2)cc1. The molecule has 0 radical (unpaired) electrons. The van der Waals surface area contributed by atoms with Crippen LogP contribution in [-0.4, -0.2) is 38.9 Å². The molecular formula is C16H24N2O2S. The Morgan fingerprint density at radius 2 is 2.00 bits per heavy atom. The summed E-state index contributed by atoms with van der Waals surface area (Å²) in [5.41, 5.74) is 1.18. The number of hydrogen-bond donors (Lipinski definition) is 1. The second-order valence-electron chi connectivity index (χ2n) is 5.55. The average Bonchev–Trinajstić information content (AvgIpc) is 3.28. The van der Waals surface area contributed by atoms with Crippen molar-refractivity contribution >= 4 is 10.0 Å². The maximum Gasteiger partial charge on any atom is 0.243 e. The van der Waals surface area contributed by atoms with Crippen molar-refractivity contribution in [2.75, 3.05) is 20.1 Å². The molecule has 4 nitrogen and oxygen atoms in total. The van der Waals surface area contributed by atoms with Gasteiger partial charge < -0.3 is 5.32 Å². The van der Waals surface area contributed by atoms with E-state index in [0.29, 0.717) is 11.4 Å². The van der Waals surface area contributed by atoms with Gasteiger partial charge in [0.15, 0.2) is 0 Å². The molecule has 1 aromatic carbocycles. The fraction of sp³-hybridized carbons (Fsp3) is 0.500. The van der Waals surface area contributed by atoms with E-state index in [4.69, 9.17) is 0 Å². The molecule has 1 aliphatic carbocycles. The van der Waals surface area contributed by atoms with Crippen LogP contribution in [0.5, 0.6) is 0 Å². The van der Waals surface area contributed by atoms with Gasteiger partial charge in [-0.15, -0.1) is 6.58 Å². The number of rotatable bonds is 9. The summed E-state index contributed by atoms with van der Waals surface area (Å²) in [4.78, 5) is 0.340. The van der Waals surface area contributed by atoms with Gasteiger partial charge in [0.25, 0.3) is 0 Å². The van der Waals surface area contributed by atoms with Gasteiger partial charge in [0, 0.05) is 19.6 Å². The van der Waals surface area contributed by atoms with E-state index >= 15 is 0 Å². The summed E-state index contributed by atoms with van der Waals surface area (Å²) in [6.07, 6.45) is 6.26. The molecule has 0 heterocycles. The van der Waals surface area contributed by atoms with Crippen molar-refractivity contribution in [3.63, 3.8) is 0 Å². The van der Waals surface area contributed by atoms with Gasteiger partial charge >= 0.3 is 0 Å². The molecule has 1 saturated carbocycles. The van der Waals surface area contributed by atoms with Crippen LogP contribution in [0.15, 0.2) is 41.8 Å². The van der Waals surface area contributed by atoms with Crippen molar-refractivity contribution < 1.29 is 8.42 Å². The first-order valence-corrected chi connectivity index (χ1v) is 8.87. The van der Waals surface area contributed by atoms with Crippen LogP contribution in [0.25, 0.3) is 0 Å². The lowest BCUT2D eigenvalue weighted by molar-refractivity contribution is 0.499. The van der Waals surface area contributed by atoms with Gasteiger partial charge in [-0.2, -0.15) is 4.31 Å². The molecule has 0 aliphatic heterocycles. The fourth-order valence-corrected chi connectivity index (χ4v) is 3.32. The molecule has 0 saturated heterocycles. The van der Waals surface area contributed by atoms with E-state index in [2.05, 4.69) is 11.9 Å². The van der Waals surface area contributed by atoms with E-state index < -0.39 is 10.0 Å². The molecule has 0 unspecified atom stereocenters. The minimum Gasteiger partial charge on any atom is -0.314 e. The molecule has 21 heavy (non-hydrogen) atoms. The predicted molar refractivity (Wildman–Crippen MR) is 85.8 cm³/mol. The number of sulfonamides is 1. The summed E-state index contributed by atoms with van der Waals surface area (Å²) in [6.45, 7) is 4.92. The van der Waals surface area contributed by atoms with Gasteiger partial charge in [-0.1, -0.05) is 18.2 Å². The third-order valence-corrected chi connectivity index (χ3v) is 5.51. The number of benzene rings is 1. The van der Waals surface area contributed by atoms with E-state index in [1.807, 2.05) is 12.1 Å². The number of hydrogen-bond acceptors (Lipinski definition) is 3. The van der Waals surface area contributed by atoms with E-state index in [9.17, 15) is 8.42 Å². The van der Waals surface area contributed by atoms with Gasteiger partial charge in [-0.3, -0.25) is 0 Å². The van der Waals surface area contributed by atoms with Crippen molar-refractivity contribution in [1.82, 2.24) is 9.62 Å². The second kappa shape index (κ2) is 7.20. The molecule has 0 bridgehead atoms.